The largest absolute Gasteiger partial charge is 0.496 e. The second kappa shape index (κ2) is 10.9. The first kappa shape index (κ1) is 26.0. The van der Waals surface area contributed by atoms with E-state index in [9.17, 15) is 28.6 Å². The summed E-state index contributed by atoms with van der Waals surface area (Å²) in [6.07, 6.45) is 0.110. The molecule has 3 aromatic rings. The fourth-order valence-electron chi connectivity index (χ4n) is 4.06. The second-order valence-electron chi connectivity index (χ2n) is 8.08. The molecule has 1 aliphatic rings. The number of halogens is 3. The van der Waals surface area contributed by atoms with Gasteiger partial charge in [-0.25, -0.2) is 23.5 Å². The lowest BCUT2D eigenvalue weighted by Gasteiger charge is -2.40. The lowest BCUT2D eigenvalue weighted by atomic mass is 10.1. The van der Waals surface area contributed by atoms with Crippen LogP contribution < -0.4 is 15.0 Å². The van der Waals surface area contributed by atoms with Crippen molar-refractivity contribution >= 4 is 35.0 Å². The number of benzene rings is 2. The SMILES string of the molecule is COc1cccc(F)c1-c1nccc(C(=O)Nc2cc(F)c(Cl)cc2N2CCN(C(=O)O)C(CO)C2)n1. The van der Waals surface area contributed by atoms with E-state index in [-0.39, 0.29) is 53.2 Å². The number of hydrogen-bond donors (Lipinski definition) is 3. The number of anilines is 2. The summed E-state index contributed by atoms with van der Waals surface area (Å²) in [5.74, 6) is -2.06. The average Bonchev–Trinajstić information content (AvgIpc) is 2.89. The van der Waals surface area contributed by atoms with Crippen LogP contribution in [0.25, 0.3) is 11.4 Å². The molecule has 1 saturated heterocycles. The van der Waals surface area contributed by atoms with Gasteiger partial charge in [-0.05, 0) is 24.3 Å². The Hall–Kier alpha value is -4.03. The molecule has 0 aliphatic carbocycles. The Morgan fingerprint density at radius 3 is 2.70 bits per heavy atom. The van der Waals surface area contributed by atoms with E-state index >= 15 is 0 Å². The Kier molecular flexibility index (Phi) is 7.69. The number of amides is 2. The third-order valence-corrected chi connectivity index (χ3v) is 6.16. The first-order chi connectivity index (χ1) is 17.7. The van der Waals surface area contributed by atoms with Gasteiger partial charge in [-0.1, -0.05) is 17.7 Å². The van der Waals surface area contributed by atoms with Crippen molar-refractivity contribution in [1.82, 2.24) is 14.9 Å². The molecule has 10 nitrogen and oxygen atoms in total. The minimum absolute atomic E-state index is 0.0239. The van der Waals surface area contributed by atoms with Crippen LogP contribution in [0.4, 0.5) is 25.0 Å². The molecular formula is C24H22ClF2N5O5. The number of ether oxygens (including phenoxy) is 1. The van der Waals surface area contributed by atoms with Crippen molar-refractivity contribution in [3.63, 3.8) is 0 Å². The van der Waals surface area contributed by atoms with Crippen LogP contribution in [0, 0.1) is 11.6 Å². The van der Waals surface area contributed by atoms with Gasteiger partial charge in [0.25, 0.3) is 5.91 Å². The Morgan fingerprint density at radius 2 is 2.00 bits per heavy atom. The fraction of sp³-hybridized carbons (Fsp3) is 0.250. The number of nitrogens with zero attached hydrogens (tertiary/aromatic N) is 4. The van der Waals surface area contributed by atoms with Gasteiger partial charge in [0.1, 0.15) is 23.1 Å². The number of aliphatic hydroxyl groups is 1. The normalized spacial score (nSPS) is 15.4. The number of aromatic nitrogens is 2. The van der Waals surface area contributed by atoms with Gasteiger partial charge < -0.3 is 25.2 Å². The van der Waals surface area contributed by atoms with Crippen LogP contribution in [-0.2, 0) is 0 Å². The summed E-state index contributed by atoms with van der Waals surface area (Å²) < 4.78 is 34.1. The molecule has 3 N–H and O–H groups in total. The smallest absolute Gasteiger partial charge is 0.407 e. The Morgan fingerprint density at radius 1 is 1.22 bits per heavy atom. The number of piperazine rings is 1. The van der Waals surface area contributed by atoms with E-state index in [1.54, 1.807) is 4.90 Å². The Balaban J connectivity index is 1.64. The van der Waals surface area contributed by atoms with E-state index in [1.807, 2.05) is 0 Å². The third-order valence-electron chi connectivity index (χ3n) is 5.87. The number of carboxylic acid groups (broad SMARTS) is 1. The number of carbonyl (C=O) groups is 2. The molecule has 0 bridgehead atoms. The van der Waals surface area contributed by atoms with E-state index in [0.29, 0.717) is 5.69 Å². The highest BCUT2D eigenvalue weighted by Gasteiger charge is 2.31. The summed E-state index contributed by atoms with van der Waals surface area (Å²) in [5.41, 5.74) is 0.231. The van der Waals surface area contributed by atoms with Crippen molar-refractivity contribution in [1.29, 1.82) is 0 Å². The summed E-state index contributed by atoms with van der Waals surface area (Å²) in [6, 6.07) is 7.12. The number of methoxy groups -OCH3 is 1. The van der Waals surface area contributed by atoms with Crippen molar-refractivity contribution in [3.8, 4) is 17.1 Å². The maximum Gasteiger partial charge on any atom is 0.407 e. The molecule has 1 fully saturated rings. The molecule has 0 radical (unpaired) electrons. The molecule has 2 aromatic carbocycles. The van der Waals surface area contributed by atoms with Crippen LogP contribution in [0.15, 0.2) is 42.6 Å². The molecule has 37 heavy (non-hydrogen) atoms. The molecule has 13 heteroatoms. The summed E-state index contributed by atoms with van der Waals surface area (Å²) in [4.78, 5) is 35.6. The average molecular weight is 534 g/mol. The van der Waals surface area contributed by atoms with Crippen molar-refractivity contribution in [2.24, 2.45) is 0 Å². The third kappa shape index (κ3) is 5.39. The molecular weight excluding hydrogens is 512 g/mol. The molecule has 4 rings (SSSR count). The molecule has 194 valence electrons. The maximum absolute atomic E-state index is 14.5. The highest BCUT2D eigenvalue weighted by Crippen LogP contribution is 2.34. The molecule has 1 aliphatic heterocycles. The van der Waals surface area contributed by atoms with Crippen molar-refractivity contribution in [3.05, 3.63) is 64.9 Å². The quantitative estimate of drug-likeness (QED) is 0.439. The molecule has 0 spiro atoms. The van der Waals surface area contributed by atoms with E-state index in [1.165, 1.54) is 43.6 Å². The molecule has 1 unspecified atom stereocenters. The second-order valence-corrected chi connectivity index (χ2v) is 8.49. The zero-order valence-electron chi connectivity index (χ0n) is 19.5. The van der Waals surface area contributed by atoms with Gasteiger partial charge in [-0.2, -0.15) is 0 Å². The van der Waals surface area contributed by atoms with Crippen molar-refractivity contribution in [2.45, 2.75) is 6.04 Å². The molecule has 1 aromatic heterocycles. The van der Waals surface area contributed by atoms with Gasteiger partial charge in [-0.15, -0.1) is 0 Å². The van der Waals surface area contributed by atoms with E-state index in [0.717, 1.165) is 11.0 Å². The van der Waals surface area contributed by atoms with E-state index in [2.05, 4.69) is 15.3 Å². The first-order valence-corrected chi connectivity index (χ1v) is 11.4. The number of hydrogen-bond acceptors (Lipinski definition) is 7. The minimum Gasteiger partial charge on any atom is -0.496 e. The van der Waals surface area contributed by atoms with Gasteiger partial charge in [0.2, 0.25) is 0 Å². The predicted molar refractivity (Wildman–Crippen MR) is 131 cm³/mol. The molecule has 1 atom stereocenters. The summed E-state index contributed by atoms with van der Waals surface area (Å²) >= 11 is 6.00. The summed E-state index contributed by atoms with van der Waals surface area (Å²) in [5, 5.41) is 21.4. The Labute approximate surface area is 215 Å². The number of rotatable bonds is 6. The number of nitrogens with one attached hydrogen (secondary N) is 1. The zero-order valence-corrected chi connectivity index (χ0v) is 20.2. The summed E-state index contributed by atoms with van der Waals surface area (Å²) in [7, 11) is 1.36. The fourth-order valence-corrected chi connectivity index (χ4v) is 4.22. The highest BCUT2D eigenvalue weighted by atomic mass is 35.5. The van der Waals surface area contributed by atoms with Crippen LogP contribution in [0.3, 0.4) is 0 Å². The van der Waals surface area contributed by atoms with E-state index in [4.69, 9.17) is 16.3 Å². The summed E-state index contributed by atoms with van der Waals surface area (Å²) in [6.45, 7) is -0.0674. The predicted octanol–water partition coefficient (Wildman–Crippen LogP) is 3.50. The van der Waals surface area contributed by atoms with Gasteiger partial charge in [-0.3, -0.25) is 9.69 Å². The van der Waals surface area contributed by atoms with Gasteiger partial charge in [0.05, 0.1) is 41.7 Å². The minimum atomic E-state index is -1.17. The lowest BCUT2D eigenvalue weighted by Crippen LogP contribution is -2.56. The topological polar surface area (TPSA) is 128 Å². The van der Waals surface area contributed by atoms with Crippen LogP contribution in [-0.4, -0.2) is 76.5 Å². The molecule has 2 heterocycles. The lowest BCUT2D eigenvalue weighted by molar-refractivity contribution is 0.0911. The van der Waals surface area contributed by atoms with Crippen LogP contribution in [0.5, 0.6) is 5.75 Å². The van der Waals surface area contributed by atoms with Gasteiger partial charge in [0.15, 0.2) is 5.82 Å². The van der Waals surface area contributed by atoms with Crippen LogP contribution >= 0.6 is 11.6 Å². The molecule has 2 amide bonds. The van der Waals surface area contributed by atoms with Gasteiger partial charge >= 0.3 is 6.09 Å². The van der Waals surface area contributed by atoms with E-state index < -0.39 is 36.3 Å². The number of carbonyl (C=O) groups excluding carboxylic acids is 1. The Bertz CT molecular complexity index is 1340. The maximum atomic E-state index is 14.5. The van der Waals surface area contributed by atoms with Crippen LogP contribution in [0.2, 0.25) is 5.02 Å². The monoisotopic (exact) mass is 533 g/mol. The van der Waals surface area contributed by atoms with Crippen molar-refractivity contribution in [2.75, 3.05) is 43.6 Å². The highest BCUT2D eigenvalue weighted by molar-refractivity contribution is 6.31. The standard InChI is InChI=1S/C24H22ClF2N5O5/c1-37-20-4-2-3-15(26)21(20)22-28-6-5-17(29-22)23(34)30-18-10-16(27)14(25)9-19(18)31-7-8-32(24(35)36)13(11-31)12-33/h2-6,9-10,13,33H,7-8,11-12H2,1H3,(H,30,34)(H,35,36). The van der Waals surface area contributed by atoms with Gasteiger partial charge in [0, 0.05) is 31.9 Å². The van der Waals surface area contributed by atoms with Crippen molar-refractivity contribution < 1.29 is 33.3 Å². The first-order valence-electron chi connectivity index (χ1n) is 11.0. The number of aliphatic hydroxyl groups excluding tert-OH is 1. The molecule has 0 saturated carbocycles. The zero-order chi connectivity index (χ0) is 26.7. The van der Waals surface area contributed by atoms with Crippen LogP contribution in [0.1, 0.15) is 10.5 Å².